The Balaban J connectivity index is 0.000000770. The normalized spacial score (nSPS) is 9.24. The van der Waals surface area contributed by atoms with Crippen LogP contribution in [0.5, 0.6) is 0 Å². The fraction of sp³-hybridized carbons (Fsp3) is 0.533. The fourth-order valence-corrected chi connectivity index (χ4v) is 1.39. The van der Waals surface area contributed by atoms with Crippen LogP contribution in [0.1, 0.15) is 50.0 Å². The minimum absolute atomic E-state index is 0.120. The Hall–Kier alpha value is -1.31. The Bertz CT molecular complexity index is 312. The Morgan fingerprint density at radius 2 is 1.41 bits per heavy atom. The van der Waals surface area contributed by atoms with Crippen molar-refractivity contribution >= 4 is 5.91 Å². The Morgan fingerprint density at radius 3 is 1.76 bits per heavy atom. The lowest BCUT2D eigenvalue weighted by molar-refractivity contribution is 0.0773. The predicted molar refractivity (Wildman–Crippen MR) is 74.4 cm³/mol. The summed E-state index contributed by atoms with van der Waals surface area (Å²) in [5.41, 5.74) is 1.96. The molecule has 1 rings (SSSR count). The fourth-order valence-electron chi connectivity index (χ4n) is 1.39. The molecule has 0 aliphatic rings. The number of aryl methyl sites for hydroxylation is 1. The second kappa shape index (κ2) is 8.80. The summed E-state index contributed by atoms with van der Waals surface area (Å²) >= 11 is 0. The lowest BCUT2D eigenvalue weighted by Gasteiger charge is -2.18. The Labute approximate surface area is 106 Å². The molecule has 0 bridgehead atoms. The standard InChI is InChI=1S/C12H17NO.C3H8/c1-4-13(5-2)12(14)11-8-6-10(3)7-9-11;1-3-2/h6-9H,4-5H2,1-3H3;3H2,1-2H3. The third kappa shape index (κ3) is 5.53. The number of rotatable bonds is 3. The highest BCUT2D eigenvalue weighted by atomic mass is 16.2. The molecular weight excluding hydrogens is 210 g/mol. The molecule has 1 aromatic rings. The first kappa shape index (κ1) is 15.7. The summed E-state index contributed by atoms with van der Waals surface area (Å²) < 4.78 is 0. The highest BCUT2D eigenvalue weighted by Gasteiger charge is 2.10. The summed E-state index contributed by atoms with van der Waals surface area (Å²) in [7, 11) is 0. The molecule has 0 aliphatic carbocycles. The zero-order valence-electron chi connectivity index (χ0n) is 11.8. The van der Waals surface area contributed by atoms with Gasteiger partial charge in [0.2, 0.25) is 0 Å². The molecule has 0 atom stereocenters. The van der Waals surface area contributed by atoms with Gasteiger partial charge in [0.25, 0.3) is 5.91 Å². The largest absolute Gasteiger partial charge is 0.339 e. The highest BCUT2D eigenvalue weighted by Crippen LogP contribution is 2.06. The molecule has 0 spiro atoms. The maximum absolute atomic E-state index is 11.8. The molecule has 0 heterocycles. The van der Waals surface area contributed by atoms with Crippen LogP contribution < -0.4 is 0 Å². The molecule has 0 saturated heterocycles. The summed E-state index contributed by atoms with van der Waals surface area (Å²) in [6.45, 7) is 11.8. The number of amides is 1. The summed E-state index contributed by atoms with van der Waals surface area (Å²) in [6.07, 6.45) is 1.25. The molecule has 1 amide bonds. The van der Waals surface area contributed by atoms with Crippen molar-refractivity contribution < 1.29 is 4.79 Å². The van der Waals surface area contributed by atoms with Gasteiger partial charge in [0, 0.05) is 18.7 Å². The first-order valence-corrected chi connectivity index (χ1v) is 6.46. The van der Waals surface area contributed by atoms with Gasteiger partial charge >= 0.3 is 0 Å². The van der Waals surface area contributed by atoms with Crippen LogP contribution in [0, 0.1) is 6.92 Å². The van der Waals surface area contributed by atoms with E-state index in [-0.39, 0.29) is 5.91 Å². The Kier molecular flexibility index (Phi) is 8.12. The molecular formula is C15H25NO. The average molecular weight is 235 g/mol. The molecule has 17 heavy (non-hydrogen) atoms. The van der Waals surface area contributed by atoms with Crippen molar-refractivity contribution in [2.75, 3.05) is 13.1 Å². The van der Waals surface area contributed by atoms with E-state index in [2.05, 4.69) is 13.8 Å². The van der Waals surface area contributed by atoms with Crippen LogP contribution in [-0.4, -0.2) is 23.9 Å². The van der Waals surface area contributed by atoms with Crippen molar-refractivity contribution in [3.8, 4) is 0 Å². The van der Waals surface area contributed by atoms with Gasteiger partial charge in [-0.25, -0.2) is 0 Å². The molecule has 1 aromatic carbocycles. The molecule has 0 aliphatic heterocycles. The number of hydrogen-bond acceptors (Lipinski definition) is 1. The second-order valence-corrected chi connectivity index (χ2v) is 4.05. The summed E-state index contributed by atoms with van der Waals surface area (Å²) in [5.74, 6) is 0.120. The smallest absolute Gasteiger partial charge is 0.253 e. The van der Waals surface area contributed by atoms with Crippen molar-refractivity contribution in [3.63, 3.8) is 0 Å². The van der Waals surface area contributed by atoms with Gasteiger partial charge in [-0.1, -0.05) is 38.0 Å². The van der Waals surface area contributed by atoms with Gasteiger partial charge in [-0.15, -0.1) is 0 Å². The highest BCUT2D eigenvalue weighted by molar-refractivity contribution is 5.94. The van der Waals surface area contributed by atoms with Crippen molar-refractivity contribution in [1.29, 1.82) is 0 Å². The van der Waals surface area contributed by atoms with Crippen LogP contribution in [0.15, 0.2) is 24.3 Å². The predicted octanol–water partition coefficient (Wildman–Crippen LogP) is 3.89. The van der Waals surface area contributed by atoms with Gasteiger partial charge in [-0.3, -0.25) is 4.79 Å². The minimum Gasteiger partial charge on any atom is -0.339 e. The minimum atomic E-state index is 0.120. The molecule has 0 radical (unpaired) electrons. The van der Waals surface area contributed by atoms with Gasteiger partial charge in [-0.2, -0.15) is 0 Å². The van der Waals surface area contributed by atoms with Crippen LogP contribution in [-0.2, 0) is 0 Å². The summed E-state index contributed by atoms with van der Waals surface area (Å²) in [4.78, 5) is 13.7. The van der Waals surface area contributed by atoms with Crippen molar-refractivity contribution in [2.45, 2.75) is 41.0 Å². The van der Waals surface area contributed by atoms with Gasteiger partial charge < -0.3 is 4.90 Å². The molecule has 2 heteroatoms. The molecule has 0 saturated carbocycles. The van der Waals surface area contributed by atoms with E-state index in [1.165, 1.54) is 12.0 Å². The van der Waals surface area contributed by atoms with E-state index < -0.39 is 0 Å². The van der Waals surface area contributed by atoms with Gasteiger partial charge in [0.15, 0.2) is 0 Å². The molecule has 96 valence electrons. The van der Waals surface area contributed by atoms with Crippen LogP contribution in [0.25, 0.3) is 0 Å². The topological polar surface area (TPSA) is 20.3 Å². The van der Waals surface area contributed by atoms with Crippen molar-refractivity contribution in [3.05, 3.63) is 35.4 Å². The van der Waals surface area contributed by atoms with Crippen LogP contribution in [0.4, 0.5) is 0 Å². The lowest BCUT2D eigenvalue weighted by Crippen LogP contribution is -2.30. The summed E-state index contributed by atoms with van der Waals surface area (Å²) in [6, 6.07) is 7.71. The van der Waals surface area contributed by atoms with Crippen LogP contribution >= 0.6 is 0 Å². The zero-order chi connectivity index (χ0) is 13.3. The Morgan fingerprint density at radius 1 is 1.00 bits per heavy atom. The second-order valence-electron chi connectivity index (χ2n) is 4.05. The third-order valence-electron chi connectivity index (χ3n) is 2.35. The van der Waals surface area contributed by atoms with Crippen LogP contribution in [0.2, 0.25) is 0 Å². The zero-order valence-corrected chi connectivity index (χ0v) is 11.8. The van der Waals surface area contributed by atoms with Gasteiger partial charge in [0.1, 0.15) is 0 Å². The number of carbonyl (C=O) groups excluding carboxylic acids is 1. The number of benzene rings is 1. The van der Waals surface area contributed by atoms with E-state index in [0.717, 1.165) is 18.7 Å². The number of hydrogen-bond donors (Lipinski definition) is 0. The SMILES string of the molecule is CCC.CCN(CC)C(=O)c1ccc(C)cc1. The molecule has 0 unspecified atom stereocenters. The van der Waals surface area contributed by atoms with E-state index in [9.17, 15) is 4.79 Å². The van der Waals surface area contributed by atoms with Gasteiger partial charge in [0.05, 0.1) is 0 Å². The van der Waals surface area contributed by atoms with E-state index >= 15 is 0 Å². The van der Waals surface area contributed by atoms with Crippen molar-refractivity contribution in [2.24, 2.45) is 0 Å². The number of nitrogens with zero attached hydrogens (tertiary/aromatic N) is 1. The maximum atomic E-state index is 11.8. The van der Waals surface area contributed by atoms with E-state index in [0.29, 0.717) is 0 Å². The van der Waals surface area contributed by atoms with Gasteiger partial charge in [-0.05, 0) is 32.9 Å². The van der Waals surface area contributed by atoms with Crippen LogP contribution in [0.3, 0.4) is 0 Å². The quantitative estimate of drug-likeness (QED) is 0.778. The molecule has 2 nitrogen and oxygen atoms in total. The monoisotopic (exact) mass is 235 g/mol. The third-order valence-corrected chi connectivity index (χ3v) is 2.35. The van der Waals surface area contributed by atoms with E-state index in [4.69, 9.17) is 0 Å². The lowest BCUT2D eigenvalue weighted by atomic mass is 10.1. The number of carbonyl (C=O) groups is 1. The molecule has 0 aromatic heterocycles. The van der Waals surface area contributed by atoms with Crippen molar-refractivity contribution in [1.82, 2.24) is 4.90 Å². The first-order chi connectivity index (χ1) is 8.10. The average Bonchev–Trinajstić information content (AvgIpc) is 2.32. The maximum Gasteiger partial charge on any atom is 0.253 e. The molecule has 0 N–H and O–H groups in total. The van der Waals surface area contributed by atoms with E-state index in [1.54, 1.807) is 0 Å². The first-order valence-electron chi connectivity index (χ1n) is 6.46. The molecule has 0 fully saturated rings. The summed E-state index contributed by atoms with van der Waals surface area (Å²) in [5, 5.41) is 0. The van der Waals surface area contributed by atoms with E-state index in [1.807, 2.05) is 49.9 Å².